The molecular weight excluding hydrogens is 146 g/mol. The zero-order valence-electron chi connectivity index (χ0n) is 6.33. The fourth-order valence-corrected chi connectivity index (χ4v) is 1.16. The Hall–Kier alpha value is -1.10. The van der Waals surface area contributed by atoms with Gasteiger partial charge in [-0.25, -0.2) is 5.84 Å². The highest BCUT2D eigenvalue weighted by atomic mass is 16.2. The average molecular weight is 157 g/mol. The number of hydrazine groups is 1. The standard InChI is InChI=1S/C6H11N3O2/c1-9-3-4(2-5(9)10)6(11)8-7/h4H,2-3,7H2,1H3,(H,8,11). The molecule has 0 aromatic heterocycles. The van der Waals surface area contributed by atoms with Crippen molar-refractivity contribution in [3.05, 3.63) is 0 Å². The number of hydrogen-bond acceptors (Lipinski definition) is 3. The smallest absolute Gasteiger partial charge is 0.239 e. The molecule has 3 N–H and O–H groups in total. The topological polar surface area (TPSA) is 75.4 Å². The second kappa shape index (κ2) is 2.87. The fourth-order valence-electron chi connectivity index (χ4n) is 1.16. The number of carbonyl (C=O) groups excluding carboxylic acids is 2. The lowest BCUT2D eigenvalue weighted by atomic mass is 10.1. The Morgan fingerprint density at radius 2 is 2.45 bits per heavy atom. The second-order valence-corrected chi connectivity index (χ2v) is 2.68. The molecule has 0 saturated carbocycles. The summed E-state index contributed by atoms with van der Waals surface area (Å²) < 4.78 is 0. The van der Waals surface area contributed by atoms with Crippen LogP contribution in [0.1, 0.15) is 6.42 Å². The van der Waals surface area contributed by atoms with Crippen LogP contribution in [0.2, 0.25) is 0 Å². The summed E-state index contributed by atoms with van der Waals surface area (Å²) in [6, 6.07) is 0. The number of amides is 2. The van der Waals surface area contributed by atoms with Crippen LogP contribution in [0.15, 0.2) is 0 Å². The normalized spacial score (nSPS) is 24.0. The van der Waals surface area contributed by atoms with Crippen LogP contribution in [0.4, 0.5) is 0 Å². The molecule has 0 aromatic rings. The monoisotopic (exact) mass is 157 g/mol. The second-order valence-electron chi connectivity index (χ2n) is 2.68. The summed E-state index contributed by atoms with van der Waals surface area (Å²) in [5.41, 5.74) is 2.03. The first-order chi connectivity index (χ1) is 5.15. The van der Waals surface area contributed by atoms with E-state index in [2.05, 4.69) is 0 Å². The van der Waals surface area contributed by atoms with Crippen molar-refractivity contribution in [1.29, 1.82) is 0 Å². The minimum absolute atomic E-state index is 0.00130. The Kier molecular flexibility index (Phi) is 2.09. The number of nitrogens with zero attached hydrogens (tertiary/aromatic N) is 1. The molecule has 1 aliphatic rings. The number of likely N-dealkylation sites (tertiary alicyclic amines) is 1. The zero-order chi connectivity index (χ0) is 8.43. The molecule has 0 spiro atoms. The summed E-state index contributed by atoms with van der Waals surface area (Å²) in [4.78, 5) is 23.3. The lowest BCUT2D eigenvalue weighted by Crippen LogP contribution is -2.36. The van der Waals surface area contributed by atoms with Crippen LogP contribution in [0.3, 0.4) is 0 Å². The van der Waals surface area contributed by atoms with Gasteiger partial charge in [0, 0.05) is 20.0 Å². The quantitative estimate of drug-likeness (QED) is 0.275. The lowest BCUT2D eigenvalue weighted by molar-refractivity contribution is -0.128. The van der Waals surface area contributed by atoms with Crippen molar-refractivity contribution in [3.63, 3.8) is 0 Å². The predicted octanol–water partition coefficient (Wildman–Crippen LogP) is -1.55. The van der Waals surface area contributed by atoms with Gasteiger partial charge in [0.15, 0.2) is 0 Å². The predicted molar refractivity (Wildman–Crippen MR) is 38.1 cm³/mol. The molecule has 0 bridgehead atoms. The first kappa shape index (κ1) is 8.00. The Morgan fingerprint density at radius 1 is 1.82 bits per heavy atom. The molecular formula is C6H11N3O2. The summed E-state index contributed by atoms with van der Waals surface area (Å²) in [7, 11) is 1.67. The Balaban J connectivity index is 2.53. The van der Waals surface area contributed by atoms with Gasteiger partial charge in [-0.15, -0.1) is 0 Å². The van der Waals surface area contributed by atoms with Crippen LogP contribution < -0.4 is 11.3 Å². The van der Waals surface area contributed by atoms with E-state index in [4.69, 9.17) is 5.84 Å². The van der Waals surface area contributed by atoms with Gasteiger partial charge in [-0.2, -0.15) is 0 Å². The van der Waals surface area contributed by atoms with Crippen LogP contribution >= 0.6 is 0 Å². The van der Waals surface area contributed by atoms with Gasteiger partial charge in [0.05, 0.1) is 5.92 Å². The van der Waals surface area contributed by atoms with E-state index in [1.54, 1.807) is 7.05 Å². The minimum atomic E-state index is -0.266. The highest BCUT2D eigenvalue weighted by Gasteiger charge is 2.31. The van der Waals surface area contributed by atoms with E-state index in [1.807, 2.05) is 5.43 Å². The molecule has 0 aliphatic carbocycles. The summed E-state index contributed by atoms with van der Waals surface area (Å²) in [6.45, 7) is 0.474. The third-order valence-corrected chi connectivity index (χ3v) is 1.85. The van der Waals surface area contributed by atoms with Crippen molar-refractivity contribution in [3.8, 4) is 0 Å². The van der Waals surface area contributed by atoms with Crippen molar-refractivity contribution in [2.75, 3.05) is 13.6 Å². The molecule has 0 aromatic carbocycles. The van der Waals surface area contributed by atoms with Crippen molar-refractivity contribution >= 4 is 11.8 Å². The molecule has 1 unspecified atom stereocenters. The van der Waals surface area contributed by atoms with E-state index in [0.29, 0.717) is 6.54 Å². The van der Waals surface area contributed by atoms with E-state index < -0.39 is 0 Å². The minimum Gasteiger partial charge on any atom is -0.345 e. The third kappa shape index (κ3) is 1.48. The number of hydrogen-bond donors (Lipinski definition) is 2. The van der Waals surface area contributed by atoms with Crippen molar-refractivity contribution in [2.24, 2.45) is 11.8 Å². The van der Waals surface area contributed by atoms with E-state index in [0.717, 1.165) is 0 Å². The number of nitrogens with one attached hydrogen (secondary N) is 1. The van der Waals surface area contributed by atoms with Gasteiger partial charge in [0.25, 0.3) is 0 Å². The van der Waals surface area contributed by atoms with E-state index in [1.165, 1.54) is 4.90 Å². The first-order valence-electron chi connectivity index (χ1n) is 3.39. The van der Waals surface area contributed by atoms with Crippen LogP contribution in [0.25, 0.3) is 0 Å². The van der Waals surface area contributed by atoms with Crippen molar-refractivity contribution in [2.45, 2.75) is 6.42 Å². The molecule has 62 valence electrons. The molecule has 1 atom stereocenters. The maximum absolute atomic E-state index is 10.9. The average Bonchev–Trinajstić information content (AvgIpc) is 2.31. The number of rotatable bonds is 1. The number of carbonyl (C=O) groups is 2. The van der Waals surface area contributed by atoms with Gasteiger partial charge >= 0.3 is 0 Å². The molecule has 5 heteroatoms. The summed E-state index contributed by atoms with van der Waals surface area (Å²) >= 11 is 0. The SMILES string of the molecule is CN1CC(C(=O)NN)CC1=O. The van der Waals surface area contributed by atoms with Crippen molar-refractivity contribution in [1.82, 2.24) is 10.3 Å². The zero-order valence-corrected chi connectivity index (χ0v) is 6.33. The van der Waals surface area contributed by atoms with E-state index >= 15 is 0 Å². The van der Waals surface area contributed by atoms with Gasteiger partial charge in [0.1, 0.15) is 0 Å². The first-order valence-corrected chi connectivity index (χ1v) is 3.39. The van der Waals surface area contributed by atoms with Crippen LogP contribution in [0, 0.1) is 5.92 Å². The fraction of sp³-hybridized carbons (Fsp3) is 0.667. The Bertz CT molecular complexity index is 192. The van der Waals surface area contributed by atoms with E-state index in [-0.39, 0.29) is 24.2 Å². The molecule has 11 heavy (non-hydrogen) atoms. The molecule has 1 aliphatic heterocycles. The van der Waals surface area contributed by atoms with E-state index in [9.17, 15) is 9.59 Å². The van der Waals surface area contributed by atoms with Gasteiger partial charge < -0.3 is 4.90 Å². The van der Waals surface area contributed by atoms with Gasteiger partial charge in [0.2, 0.25) is 11.8 Å². The highest BCUT2D eigenvalue weighted by molar-refractivity contribution is 5.88. The van der Waals surface area contributed by atoms with Crippen LogP contribution in [-0.4, -0.2) is 30.3 Å². The van der Waals surface area contributed by atoms with Gasteiger partial charge in [-0.1, -0.05) is 0 Å². The molecule has 1 rings (SSSR count). The maximum Gasteiger partial charge on any atom is 0.239 e. The van der Waals surface area contributed by atoms with Crippen LogP contribution in [-0.2, 0) is 9.59 Å². The summed E-state index contributed by atoms with van der Waals surface area (Å²) in [5.74, 6) is 4.38. The lowest BCUT2D eigenvalue weighted by Gasteiger charge is -2.07. The largest absolute Gasteiger partial charge is 0.345 e. The van der Waals surface area contributed by atoms with Crippen LogP contribution in [0.5, 0.6) is 0 Å². The molecule has 1 heterocycles. The molecule has 0 radical (unpaired) electrons. The highest BCUT2D eigenvalue weighted by Crippen LogP contribution is 2.15. The maximum atomic E-state index is 10.9. The molecule has 5 nitrogen and oxygen atoms in total. The Morgan fingerprint density at radius 3 is 2.82 bits per heavy atom. The third-order valence-electron chi connectivity index (χ3n) is 1.85. The Labute approximate surface area is 64.5 Å². The molecule has 2 amide bonds. The number of nitrogens with two attached hydrogens (primary N) is 1. The van der Waals surface area contributed by atoms with Gasteiger partial charge in [-0.3, -0.25) is 15.0 Å². The van der Waals surface area contributed by atoms with Crippen molar-refractivity contribution < 1.29 is 9.59 Å². The molecule has 1 fully saturated rings. The molecule has 1 saturated heterocycles. The van der Waals surface area contributed by atoms with Gasteiger partial charge in [-0.05, 0) is 0 Å². The summed E-state index contributed by atoms with van der Waals surface area (Å²) in [6.07, 6.45) is 0.277. The summed E-state index contributed by atoms with van der Waals surface area (Å²) in [5, 5.41) is 0.